The third kappa shape index (κ3) is 4.09. The Morgan fingerprint density at radius 2 is 1.85 bits per heavy atom. The van der Waals surface area contributed by atoms with E-state index in [2.05, 4.69) is 22.0 Å². The highest BCUT2D eigenvalue weighted by atomic mass is 16.5. The maximum Gasteiger partial charge on any atom is 0.289 e. The monoisotopic (exact) mass is 446 g/mol. The Kier molecular flexibility index (Phi) is 5.60. The smallest absolute Gasteiger partial charge is 0.289 e. The van der Waals surface area contributed by atoms with Gasteiger partial charge in [-0.1, -0.05) is 47.1 Å². The van der Waals surface area contributed by atoms with Crippen LogP contribution in [0.3, 0.4) is 0 Å². The summed E-state index contributed by atoms with van der Waals surface area (Å²) in [6, 6.07) is 15.4. The van der Waals surface area contributed by atoms with Gasteiger partial charge in [0.2, 0.25) is 11.7 Å². The number of nitrogens with zero attached hydrogens (tertiary/aromatic N) is 4. The number of benzene rings is 2. The van der Waals surface area contributed by atoms with Gasteiger partial charge in [-0.25, -0.2) is 0 Å². The zero-order valence-corrected chi connectivity index (χ0v) is 18.9. The molecule has 0 saturated carbocycles. The van der Waals surface area contributed by atoms with Crippen LogP contribution < -0.4 is 4.74 Å². The quantitative estimate of drug-likeness (QED) is 0.451. The normalized spacial score (nSPS) is 15.7. The molecule has 0 aliphatic carbocycles. The Bertz CT molecular complexity index is 1270. The molecule has 1 aliphatic rings. The summed E-state index contributed by atoms with van der Waals surface area (Å²) in [7, 11) is 1.59. The van der Waals surface area contributed by atoms with Crippen LogP contribution in [0.5, 0.6) is 5.75 Å². The van der Waals surface area contributed by atoms with Crippen LogP contribution in [-0.2, 0) is 0 Å². The van der Waals surface area contributed by atoms with Gasteiger partial charge >= 0.3 is 0 Å². The fraction of sp³-hybridized carbons (Fsp3) is 0.320. The minimum atomic E-state index is -0.111. The third-order valence-electron chi connectivity index (χ3n) is 6.20. The minimum Gasteiger partial charge on any atom is -0.493 e. The molecule has 0 radical (unpaired) electrons. The van der Waals surface area contributed by atoms with Crippen LogP contribution in [0.15, 0.2) is 57.5 Å². The Balaban J connectivity index is 1.24. The number of piperazine rings is 1. The molecule has 0 bridgehead atoms. The number of hydrogen-bond acceptors (Lipinski definition) is 7. The molecule has 1 saturated heterocycles. The molecular formula is C25H26N4O4. The van der Waals surface area contributed by atoms with Crippen molar-refractivity contribution in [2.24, 2.45) is 0 Å². The average molecular weight is 447 g/mol. The highest BCUT2D eigenvalue weighted by Gasteiger charge is 2.29. The molecular weight excluding hydrogens is 420 g/mol. The molecule has 170 valence electrons. The number of aryl methyl sites for hydroxylation is 1. The zero-order chi connectivity index (χ0) is 22.9. The predicted molar refractivity (Wildman–Crippen MR) is 123 cm³/mol. The number of furan rings is 1. The van der Waals surface area contributed by atoms with Gasteiger partial charge in [-0.05, 0) is 26.0 Å². The molecule has 1 aliphatic heterocycles. The van der Waals surface area contributed by atoms with Gasteiger partial charge in [0.1, 0.15) is 0 Å². The molecule has 1 fully saturated rings. The number of ether oxygens (including phenoxy) is 1. The van der Waals surface area contributed by atoms with Gasteiger partial charge in [0, 0.05) is 37.1 Å². The topological polar surface area (TPSA) is 84.8 Å². The number of rotatable bonds is 5. The van der Waals surface area contributed by atoms with Gasteiger partial charge in [-0.2, -0.15) is 4.98 Å². The first-order valence-electron chi connectivity index (χ1n) is 11.0. The Morgan fingerprint density at radius 1 is 1.09 bits per heavy atom. The highest BCUT2D eigenvalue weighted by Crippen LogP contribution is 2.29. The summed E-state index contributed by atoms with van der Waals surface area (Å²) >= 11 is 0. The summed E-state index contributed by atoms with van der Waals surface area (Å²) in [5.74, 6) is 2.01. The molecule has 2 aromatic heterocycles. The Labute approximate surface area is 191 Å². The average Bonchev–Trinajstić information content (AvgIpc) is 3.51. The number of para-hydroxylation sites is 1. The van der Waals surface area contributed by atoms with Crippen molar-refractivity contribution in [1.82, 2.24) is 19.9 Å². The molecule has 8 nitrogen and oxygen atoms in total. The van der Waals surface area contributed by atoms with Gasteiger partial charge in [-0.15, -0.1) is 0 Å². The van der Waals surface area contributed by atoms with E-state index in [1.807, 2.05) is 54.3 Å². The molecule has 3 heterocycles. The van der Waals surface area contributed by atoms with Gasteiger partial charge in [0.15, 0.2) is 17.1 Å². The summed E-state index contributed by atoms with van der Waals surface area (Å²) in [4.78, 5) is 21.7. The maximum absolute atomic E-state index is 13.0. The van der Waals surface area contributed by atoms with Crippen LogP contribution in [-0.4, -0.2) is 59.1 Å². The van der Waals surface area contributed by atoms with E-state index < -0.39 is 0 Å². The maximum atomic E-state index is 13.0. The summed E-state index contributed by atoms with van der Waals surface area (Å²) in [6.45, 7) is 6.70. The summed E-state index contributed by atoms with van der Waals surface area (Å²) in [5, 5.41) is 5.00. The van der Waals surface area contributed by atoms with Crippen LogP contribution in [0.25, 0.3) is 22.4 Å². The van der Waals surface area contributed by atoms with Crippen LogP contribution in [0, 0.1) is 6.92 Å². The number of aromatic nitrogens is 2. The van der Waals surface area contributed by atoms with Gasteiger partial charge in [-0.3, -0.25) is 9.69 Å². The molecule has 1 unspecified atom stereocenters. The van der Waals surface area contributed by atoms with Crippen molar-refractivity contribution in [1.29, 1.82) is 0 Å². The summed E-state index contributed by atoms with van der Waals surface area (Å²) in [5.41, 5.74) is 2.71. The minimum absolute atomic E-state index is 0.0376. The molecule has 2 aromatic carbocycles. The van der Waals surface area contributed by atoms with Crippen molar-refractivity contribution >= 4 is 16.9 Å². The van der Waals surface area contributed by atoms with Crippen LogP contribution in [0.1, 0.15) is 35.0 Å². The fourth-order valence-corrected chi connectivity index (χ4v) is 4.15. The summed E-state index contributed by atoms with van der Waals surface area (Å²) < 4.78 is 16.7. The van der Waals surface area contributed by atoms with Crippen LogP contribution in [0.2, 0.25) is 0 Å². The molecule has 4 aromatic rings. The molecule has 33 heavy (non-hydrogen) atoms. The Morgan fingerprint density at radius 3 is 2.58 bits per heavy atom. The first kappa shape index (κ1) is 21.2. The molecule has 1 atom stereocenters. The number of carbonyl (C=O) groups is 1. The van der Waals surface area contributed by atoms with E-state index in [0.717, 1.165) is 10.9 Å². The highest BCUT2D eigenvalue weighted by molar-refractivity contribution is 5.97. The number of carbonyl (C=O) groups excluding carboxylic acids is 1. The van der Waals surface area contributed by atoms with Crippen molar-refractivity contribution in [3.63, 3.8) is 0 Å². The number of fused-ring (bicyclic) bond motifs is 1. The first-order chi connectivity index (χ1) is 16.0. The second-order valence-electron chi connectivity index (χ2n) is 8.32. The van der Waals surface area contributed by atoms with E-state index in [1.54, 1.807) is 13.2 Å². The van der Waals surface area contributed by atoms with E-state index in [9.17, 15) is 4.79 Å². The summed E-state index contributed by atoms with van der Waals surface area (Å²) in [6.07, 6.45) is 0. The van der Waals surface area contributed by atoms with E-state index in [4.69, 9.17) is 13.7 Å². The molecule has 5 rings (SSSR count). The van der Waals surface area contributed by atoms with Crippen LogP contribution >= 0.6 is 0 Å². The fourth-order valence-electron chi connectivity index (χ4n) is 4.15. The van der Waals surface area contributed by atoms with E-state index in [0.29, 0.717) is 55.0 Å². The van der Waals surface area contributed by atoms with E-state index >= 15 is 0 Å². The molecule has 0 N–H and O–H groups in total. The van der Waals surface area contributed by atoms with Crippen molar-refractivity contribution < 1.29 is 18.5 Å². The third-order valence-corrected chi connectivity index (χ3v) is 6.20. The lowest BCUT2D eigenvalue weighted by Gasteiger charge is -2.36. The zero-order valence-electron chi connectivity index (χ0n) is 18.9. The van der Waals surface area contributed by atoms with Crippen LogP contribution in [0.4, 0.5) is 0 Å². The first-order valence-corrected chi connectivity index (χ1v) is 11.0. The Hall–Kier alpha value is -3.65. The molecule has 8 heteroatoms. The lowest BCUT2D eigenvalue weighted by atomic mass is 10.1. The largest absolute Gasteiger partial charge is 0.493 e. The molecule has 1 amide bonds. The van der Waals surface area contributed by atoms with Crippen molar-refractivity contribution in [2.45, 2.75) is 19.9 Å². The second-order valence-corrected chi connectivity index (χ2v) is 8.32. The van der Waals surface area contributed by atoms with E-state index in [-0.39, 0.29) is 11.9 Å². The van der Waals surface area contributed by atoms with Gasteiger partial charge in [0.05, 0.1) is 13.2 Å². The van der Waals surface area contributed by atoms with E-state index in [1.165, 1.54) is 5.56 Å². The number of hydrogen-bond donors (Lipinski definition) is 0. The standard InChI is InChI=1S/C25H26N4O4/c1-16-7-9-18(10-8-16)23-26-24(33-27-23)17(2)28-11-13-29(14-12-28)25(30)21-15-19-5-4-6-20(31-3)22(19)32-21/h4-10,15,17H,11-14H2,1-3H3. The predicted octanol–water partition coefficient (Wildman–Crippen LogP) is 4.32. The lowest BCUT2D eigenvalue weighted by Crippen LogP contribution is -2.49. The van der Waals surface area contributed by atoms with Gasteiger partial charge in [0.25, 0.3) is 5.91 Å². The number of methoxy groups -OCH3 is 1. The van der Waals surface area contributed by atoms with Gasteiger partial charge < -0.3 is 18.6 Å². The second kappa shape index (κ2) is 8.71. The van der Waals surface area contributed by atoms with Crippen molar-refractivity contribution in [3.8, 4) is 17.1 Å². The number of amides is 1. The molecule has 0 spiro atoms. The van der Waals surface area contributed by atoms with Crippen molar-refractivity contribution in [3.05, 3.63) is 65.7 Å². The SMILES string of the molecule is COc1cccc2cc(C(=O)N3CCN(C(C)c4nc(-c5ccc(C)cc5)no4)CC3)oc12. The lowest BCUT2D eigenvalue weighted by molar-refractivity contribution is 0.0526. The van der Waals surface area contributed by atoms with Crippen molar-refractivity contribution in [2.75, 3.05) is 33.3 Å².